The first-order valence-corrected chi connectivity index (χ1v) is 22.8. The van der Waals surface area contributed by atoms with Crippen molar-refractivity contribution in [1.82, 2.24) is 0 Å². The first-order valence-electron chi connectivity index (χ1n) is 18.0. The third-order valence-corrected chi connectivity index (χ3v) is 12.1. The summed E-state index contributed by atoms with van der Waals surface area (Å²) in [5, 5.41) is 38.1. The Kier molecular flexibility index (Phi) is 43.1. The Hall–Kier alpha value is 0.499. The maximum absolute atomic E-state index is 10.5. The molecule has 0 spiro atoms. The molecule has 0 aliphatic heterocycles. The number of aliphatic hydroxyl groups excluding tert-OH is 2. The van der Waals surface area contributed by atoms with Crippen molar-refractivity contribution in [3.63, 3.8) is 0 Å². The third kappa shape index (κ3) is 47.0. The van der Waals surface area contributed by atoms with E-state index in [2.05, 4.69) is 66.0 Å². The molecule has 0 aromatic rings. The van der Waals surface area contributed by atoms with Gasteiger partial charge in [-0.1, -0.05) is 103 Å². The predicted molar refractivity (Wildman–Crippen MR) is 195 cm³/mol. The predicted octanol–water partition coefficient (Wildman–Crippen LogP) is 9.53. The summed E-state index contributed by atoms with van der Waals surface area (Å²) in [6.07, 6.45) is 25.8. The molecule has 2 unspecified atom stereocenters. The van der Waals surface area contributed by atoms with E-state index in [1.807, 2.05) is 0 Å². The molecule has 0 aromatic heterocycles. The van der Waals surface area contributed by atoms with Gasteiger partial charge in [-0.25, -0.2) is 0 Å². The molecule has 0 radical (unpaired) electrons. The Morgan fingerprint density at radius 2 is 0.767 bits per heavy atom. The Labute approximate surface area is 290 Å². The van der Waals surface area contributed by atoms with Gasteiger partial charge in [0.25, 0.3) is 0 Å². The van der Waals surface area contributed by atoms with E-state index in [0.717, 1.165) is 37.5 Å². The number of unbranched alkanes of at least 4 members (excludes halogenated alkanes) is 14. The summed E-state index contributed by atoms with van der Waals surface area (Å²) in [7, 11) is 0. The minimum atomic E-state index is -0.908. The van der Waals surface area contributed by atoms with Crippen LogP contribution >= 0.6 is 24.4 Å². The molecular formula is C36H72O4S2Sn. The summed E-state index contributed by atoms with van der Waals surface area (Å²) in [5.74, 6) is 1.48. The van der Waals surface area contributed by atoms with Crippen LogP contribution in [0.2, 0.25) is 8.87 Å². The fourth-order valence-corrected chi connectivity index (χ4v) is 8.36. The van der Waals surface area contributed by atoms with Crippen LogP contribution < -0.4 is 10.2 Å². The molecule has 0 aromatic carbocycles. The SMILES string of the molecule is CC(C)CCCCCC(O)C([O-])=S.CC(C)CCCCCC(O)C([O-])=S.CCCCCCC[CH2][Sn+2][CH2]CCCCCCC. The Bertz CT molecular complexity index is 527. The van der Waals surface area contributed by atoms with Crippen molar-refractivity contribution in [3.05, 3.63) is 0 Å². The molecule has 0 rings (SSSR count). The molecule has 0 aliphatic carbocycles. The van der Waals surface area contributed by atoms with E-state index < -0.39 is 22.3 Å². The molecule has 2 N–H and O–H groups in total. The van der Waals surface area contributed by atoms with Gasteiger partial charge in [-0.05, 0) is 34.8 Å². The topological polar surface area (TPSA) is 86.6 Å². The Balaban J connectivity index is -0.000000566. The van der Waals surface area contributed by atoms with Crippen molar-refractivity contribution in [1.29, 1.82) is 0 Å². The van der Waals surface area contributed by atoms with Gasteiger partial charge in [0.15, 0.2) is 0 Å². The van der Waals surface area contributed by atoms with Gasteiger partial charge in [0.1, 0.15) is 0 Å². The van der Waals surface area contributed by atoms with E-state index in [1.54, 1.807) is 21.7 Å². The molecule has 7 heteroatoms. The summed E-state index contributed by atoms with van der Waals surface area (Å²) >= 11 is 8.74. The number of thiocarbonyl (C=S) groups is 2. The zero-order chi connectivity index (χ0) is 33.1. The van der Waals surface area contributed by atoms with Crippen LogP contribution in [0.25, 0.3) is 0 Å². The van der Waals surface area contributed by atoms with Gasteiger partial charge in [0.05, 0.1) is 12.2 Å². The molecule has 0 saturated heterocycles. The summed E-state index contributed by atoms with van der Waals surface area (Å²) in [6, 6.07) is 0. The second-order valence-electron chi connectivity index (χ2n) is 13.0. The standard InChI is InChI=1S/2C10H20O2S.2C8H17.Sn/c2*1-8(2)6-4-3-5-7-9(11)10(12)13;2*1-3-5-7-8-6-4-2;/h2*8-9,11H,3-7H2,1-2H3,(H,12,13);2*1,3-8H2,2H3;/q;;;;+2/p-2. The summed E-state index contributed by atoms with van der Waals surface area (Å²) in [4.78, 5) is 0. The van der Waals surface area contributed by atoms with Crippen molar-refractivity contribution in [2.75, 3.05) is 0 Å². The van der Waals surface area contributed by atoms with Crippen LogP contribution in [0.5, 0.6) is 0 Å². The number of rotatable bonds is 28. The second-order valence-corrected chi connectivity index (χ2v) is 18.1. The first-order chi connectivity index (χ1) is 20.5. The maximum atomic E-state index is 10.5. The van der Waals surface area contributed by atoms with Crippen molar-refractivity contribution in [2.45, 2.75) is 204 Å². The molecule has 0 saturated carbocycles. The van der Waals surface area contributed by atoms with Gasteiger partial charge < -0.3 is 20.4 Å². The van der Waals surface area contributed by atoms with E-state index in [-0.39, 0.29) is 21.1 Å². The quantitative estimate of drug-likeness (QED) is 0.0471. The molecule has 256 valence electrons. The van der Waals surface area contributed by atoms with Crippen molar-refractivity contribution in [3.8, 4) is 0 Å². The molecule has 0 bridgehead atoms. The van der Waals surface area contributed by atoms with Gasteiger partial charge in [0, 0.05) is 0 Å². The zero-order valence-electron chi connectivity index (χ0n) is 29.3. The van der Waals surface area contributed by atoms with Crippen molar-refractivity contribution < 1.29 is 20.4 Å². The minimum absolute atomic E-state index is 0.0736. The Morgan fingerprint density at radius 3 is 1.07 bits per heavy atom. The van der Waals surface area contributed by atoms with Crippen LogP contribution in [0.4, 0.5) is 0 Å². The van der Waals surface area contributed by atoms with E-state index >= 15 is 0 Å². The van der Waals surface area contributed by atoms with Gasteiger partial charge in [-0.3, -0.25) is 0 Å². The zero-order valence-corrected chi connectivity index (χ0v) is 33.8. The fourth-order valence-electron chi connectivity index (χ4n) is 4.56. The van der Waals surface area contributed by atoms with E-state index in [0.29, 0.717) is 12.8 Å². The fraction of sp³-hybridized carbons (Fsp3) is 0.944. The molecule has 2 atom stereocenters. The van der Waals surface area contributed by atoms with E-state index in [1.165, 1.54) is 89.9 Å². The molecule has 0 aliphatic rings. The summed E-state index contributed by atoms with van der Waals surface area (Å²) in [5.41, 5.74) is 0. The average Bonchev–Trinajstić information content (AvgIpc) is 2.95. The number of aliphatic hydroxyl groups is 2. The van der Waals surface area contributed by atoms with Gasteiger partial charge in [-0.2, -0.15) is 0 Å². The van der Waals surface area contributed by atoms with Gasteiger partial charge in [-0.15, -0.1) is 0 Å². The van der Waals surface area contributed by atoms with Gasteiger partial charge >= 0.3 is 121 Å². The van der Waals surface area contributed by atoms with E-state index in [4.69, 9.17) is 10.2 Å². The monoisotopic (exact) mass is 752 g/mol. The summed E-state index contributed by atoms with van der Waals surface area (Å²) in [6.45, 7) is 13.4. The van der Waals surface area contributed by atoms with Crippen LogP contribution in [0.15, 0.2) is 0 Å². The average molecular weight is 752 g/mol. The van der Waals surface area contributed by atoms with Crippen LogP contribution in [-0.4, -0.2) is 53.7 Å². The molecule has 0 amide bonds. The van der Waals surface area contributed by atoms with Crippen LogP contribution in [-0.2, 0) is 0 Å². The van der Waals surface area contributed by atoms with Crippen LogP contribution in [0.1, 0.15) is 183 Å². The van der Waals surface area contributed by atoms with Crippen molar-refractivity contribution in [2.24, 2.45) is 11.8 Å². The molecule has 0 heterocycles. The van der Waals surface area contributed by atoms with E-state index in [9.17, 15) is 10.2 Å². The third-order valence-electron chi connectivity index (χ3n) is 7.48. The molecule has 4 nitrogen and oxygen atoms in total. The number of hydrogen-bond donors (Lipinski definition) is 2. The van der Waals surface area contributed by atoms with Crippen LogP contribution in [0, 0.1) is 11.8 Å². The molecule has 0 fully saturated rings. The molecule has 43 heavy (non-hydrogen) atoms. The van der Waals surface area contributed by atoms with Crippen LogP contribution in [0.3, 0.4) is 0 Å². The second kappa shape index (κ2) is 38.7. The number of hydrogen-bond acceptors (Lipinski definition) is 6. The first kappa shape index (κ1) is 47.9. The normalized spacial score (nSPS) is 12.1. The summed E-state index contributed by atoms with van der Waals surface area (Å²) < 4.78 is 3.31. The molecular weight excluding hydrogens is 679 g/mol. The Morgan fingerprint density at radius 1 is 0.488 bits per heavy atom. The van der Waals surface area contributed by atoms with Gasteiger partial charge in [0.2, 0.25) is 0 Å². The van der Waals surface area contributed by atoms with Crippen molar-refractivity contribution >= 4 is 55.7 Å².